The summed E-state index contributed by atoms with van der Waals surface area (Å²) in [5.41, 5.74) is 17.2. The predicted molar refractivity (Wildman–Crippen MR) is 243 cm³/mol. The molecule has 0 N–H and O–H groups in total. The molecule has 8 aromatic carbocycles. The number of hydrogen-bond acceptors (Lipinski definition) is 3. The van der Waals surface area contributed by atoms with E-state index < -0.39 is 0 Å². The minimum absolute atomic E-state index is 0.101. The van der Waals surface area contributed by atoms with Gasteiger partial charge in [-0.05, 0) is 76.3 Å². The van der Waals surface area contributed by atoms with Crippen molar-refractivity contribution in [1.29, 1.82) is 0 Å². The minimum atomic E-state index is -0.101. The second kappa shape index (κ2) is 12.7. The Morgan fingerprint density at radius 3 is 1.68 bits per heavy atom. The zero-order valence-corrected chi connectivity index (χ0v) is 32.6. The van der Waals surface area contributed by atoms with Crippen molar-refractivity contribution in [3.05, 3.63) is 199 Å². The lowest BCUT2D eigenvalue weighted by Crippen LogP contribution is -2.14. The molecule has 3 heterocycles. The monoisotopic (exact) mass is 755 g/mol. The fraction of sp³-hybridized carbons (Fsp3) is 0.0545. The maximum atomic E-state index is 7.03. The molecule has 4 nitrogen and oxygen atoms in total. The van der Waals surface area contributed by atoms with Gasteiger partial charge in [-0.25, -0.2) is 9.97 Å². The van der Waals surface area contributed by atoms with Crippen molar-refractivity contribution in [2.45, 2.75) is 19.3 Å². The quantitative estimate of drug-likeness (QED) is 0.176. The molecule has 4 heteroatoms. The number of furan rings is 1. The summed E-state index contributed by atoms with van der Waals surface area (Å²) in [5.74, 6) is 0.629. The van der Waals surface area contributed by atoms with Crippen molar-refractivity contribution >= 4 is 43.7 Å². The highest BCUT2D eigenvalue weighted by atomic mass is 16.3. The second-order valence-electron chi connectivity index (χ2n) is 16.1. The van der Waals surface area contributed by atoms with Crippen LogP contribution in [0, 0.1) is 0 Å². The Balaban J connectivity index is 1.07. The van der Waals surface area contributed by atoms with Gasteiger partial charge in [-0.2, -0.15) is 0 Å². The number of rotatable bonds is 5. The van der Waals surface area contributed by atoms with Crippen LogP contribution in [0.4, 0.5) is 0 Å². The lowest BCUT2D eigenvalue weighted by Gasteiger charge is -2.21. The number of fused-ring (bicyclic) bond motifs is 9. The molecule has 1 aliphatic rings. The highest BCUT2D eigenvalue weighted by Gasteiger charge is 2.36. The summed E-state index contributed by atoms with van der Waals surface area (Å²) >= 11 is 0. The summed E-state index contributed by atoms with van der Waals surface area (Å²) < 4.78 is 9.45. The third-order valence-corrected chi connectivity index (χ3v) is 12.4. The standard InChI is InChI=1S/C55H37N3O/c1-55(2)46-27-13-12-22-39(46)43-31-45-44-30-36(28-29-50(44)58(51(45)32-47(43)55)37-20-10-5-11-21-37)38-23-14-24-40-41-25-15-26-42(53(41)59-52(38)40)54-56-48(34-16-6-3-7-17-34)33-49(57-54)35-18-8-4-9-19-35/h3-33H,1-2H3. The molecule has 278 valence electrons. The van der Waals surface area contributed by atoms with Crippen LogP contribution in [0.2, 0.25) is 0 Å². The first-order valence-electron chi connectivity index (χ1n) is 20.2. The summed E-state index contributed by atoms with van der Waals surface area (Å²) in [7, 11) is 0. The SMILES string of the molecule is CC1(C)c2ccccc2-c2cc3c4cc(-c5cccc6c5oc5c(-c7nc(-c8ccccc8)cc(-c8ccccc8)n7)cccc56)ccc4n(-c4ccccc4)c3cc21. The van der Waals surface area contributed by atoms with E-state index in [0.29, 0.717) is 5.82 Å². The predicted octanol–water partition coefficient (Wildman–Crippen LogP) is 14.4. The van der Waals surface area contributed by atoms with E-state index in [1.165, 1.54) is 44.1 Å². The molecule has 59 heavy (non-hydrogen) atoms. The largest absolute Gasteiger partial charge is 0.455 e. The number of nitrogens with zero attached hydrogens (tertiary/aromatic N) is 3. The van der Waals surface area contributed by atoms with Gasteiger partial charge in [0.15, 0.2) is 5.82 Å². The molecule has 11 aromatic rings. The molecule has 0 radical (unpaired) electrons. The van der Waals surface area contributed by atoms with Gasteiger partial charge in [0.2, 0.25) is 0 Å². The van der Waals surface area contributed by atoms with Crippen molar-refractivity contribution in [3.8, 4) is 61.8 Å². The van der Waals surface area contributed by atoms with Crippen LogP contribution in [-0.2, 0) is 5.41 Å². The number of hydrogen-bond donors (Lipinski definition) is 0. The first-order valence-corrected chi connectivity index (χ1v) is 20.2. The van der Waals surface area contributed by atoms with Crippen LogP contribution in [0.1, 0.15) is 25.0 Å². The number of benzene rings is 8. The Kier molecular flexibility index (Phi) is 7.24. The van der Waals surface area contributed by atoms with E-state index in [1.54, 1.807) is 0 Å². The van der Waals surface area contributed by atoms with Gasteiger partial charge in [-0.3, -0.25) is 0 Å². The number of aromatic nitrogens is 3. The molecular formula is C55H37N3O. The van der Waals surface area contributed by atoms with Crippen LogP contribution in [0.3, 0.4) is 0 Å². The van der Waals surface area contributed by atoms with Crippen molar-refractivity contribution in [2.24, 2.45) is 0 Å². The van der Waals surface area contributed by atoms with E-state index in [4.69, 9.17) is 14.4 Å². The van der Waals surface area contributed by atoms with E-state index in [1.807, 2.05) is 36.4 Å². The van der Waals surface area contributed by atoms with Crippen molar-refractivity contribution in [1.82, 2.24) is 14.5 Å². The first-order chi connectivity index (χ1) is 29.0. The van der Waals surface area contributed by atoms with E-state index in [2.05, 4.69) is 170 Å². The van der Waals surface area contributed by atoms with Gasteiger partial charge < -0.3 is 8.98 Å². The molecule has 0 bridgehead atoms. The summed E-state index contributed by atoms with van der Waals surface area (Å²) in [6.45, 7) is 4.70. The minimum Gasteiger partial charge on any atom is -0.455 e. The lowest BCUT2D eigenvalue weighted by atomic mass is 9.82. The maximum Gasteiger partial charge on any atom is 0.164 e. The Labute approximate surface area is 341 Å². The van der Waals surface area contributed by atoms with E-state index in [0.717, 1.165) is 66.8 Å². The molecule has 12 rings (SSSR count). The average molecular weight is 756 g/mol. The molecule has 1 aliphatic carbocycles. The molecule has 0 saturated heterocycles. The third-order valence-electron chi connectivity index (χ3n) is 12.4. The van der Waals surface area contributed by atoms with Gasteiger partial charge in [0, 0.05) is 49.3 Å². The van der Waals surface area contributed by atoms with Crippen LogP contribution < -0.4 is 0 Å². The molecule has 0 atom stereocenters. The van der Waals surface area contributed by atoms with Crippen LogP contribution in [-0.4, -0.2) is 14.5 Å². The van der Waals surface area contributed by atoms with E-state index >= 15 is 0 Å². The molecule has 0 saturated carbocycles. The van der Waals surface area contributed by atoms with Crippen LogP contribution in [0.25, 0.3) is 106 Å². The van der Waals surface area contributed by atoms with Crippen molar-refractivity contribution < 1.29 is 4.42 Å². The van der Waals surface area contributed by atoms with Crippen molar-refractivity contribution in [3.63, 3.8) is 0 Å². The summed E-state index contributed by atoms with van der Waals surface area (Å²) in [4.78, 5) is 10.3. The molecule has 0 unspecified atom stereocenters. The molecule has 0 aliphatic heterocycles. The Hall–Kier alpha value is -7.56. The highest BCUT2D eigenvalue weighted by Crippen LogP contribution is 2.51. The Morgan fingerprint density at radius 1 is 0.407 bits per heavy atom. The first kappa shape index (κ1) is 33.6. The summed E-state index contributed by atoms with van der Waals surface area (Å²) in [5, 5.41) is 4.54. The lowest BCUT2D eigenvalue weighted by molar-refractivity contribution is 0.661. The van der Waals surface area contributed by atoms with Gasteiger partial charge in [0.05, 0.1) is 28.0 Å². The average Bonchev–Trinajstić information content (AvgIpc) is 3.91. The van der Waals surface area contributed by atoms with Gasteiger partial charge >= 0.3 is 0 Å². The normalized spacial score (nSPS) is 13.1. The summed E-state index contributed by atoms with van der Waals surface area (Å²) in [6, 6.07) is 66.9. The molecule has 0 amide bonds. The Morgan fingerprint density at radius 2 is 0.983 bits per heavy atom. The van der Waals surface area contributed by atoms with Gasteiger partial charge in [-0.1, -0.05) is 153 Å². The van der Waals surface area contributed by atoms with Gasteiger partial charge in [0.1, 0.15) is 11.2 Å². The third kappa shape index (κ3) is 5.09. The topological polar surface area (TPSA) is 43.9 Å². The fourth-order valence-electron chi connectivity index (χ4n) is 9.54. The van der Waals surface area contributed by atoms with Crippen LogP contribution in [0.15, 0.2) is 192 Å². The fourth-order valence-corrected chi connectivity index (χ4v) is 9.54. The Bertz CT molecular complexity index is 3390. The van der Waals surface area contributed by atoms with Crippen LogP contribution in [0.5, 0.6) is 0 Å². The number of para-hydroxylation sites is 3. The zero-order chi connectivity index (χ0) is 39.2. The summed E-state index contributed by atoms with van der Waals surface area (Å²) in [6.07, 6.45) is 0. The smallest absolute Gasteiger partial charge is 0.164 e. The second-order valence-corrected chi connectivity index (χ2v) is 16.1. The molecule has 0 fully saturated rings. The molecular weight excluding hydrogens is 719 g/mol. The maximum absolute atomic E-state index is 7.03. The molecule has 3 aromatic heterocycles. The van der Waals surface area contributed by atoms with E-state index in [-0.39, 0.29) is 5.41 Å². The zero-order valence-electron chi connectivity index (χ0n) is 32.6. The van der Waals surface area contributed by atoms with Gasteiger partial charge in [0.25, 0.3) is 0 Å². The van der Waals surface area contributed by atoms with Crippen molar-refractivity contribution in [2.75, 3.05) is 0 Å². The highest BCUT2D eigenvalue weighted by molar-refractivity contribution is 6.15. The molecule has 0 spiro atoms. The van der Waals surface area contributed by atoms with E-state index in [9.17, 15) is 0 Å². The van der Waals surface area contributed by atoms with Crippen LogP contribution >= 0.6 is 0 Å². The van der Waals surface area contributed by atoms with Gasteiger partial charge in [-0.15, -0.1) is 0 Å².